The first-order chi connectivity index (χ1) is 9.65. The van der Waals surface area contributed by atoms with Gasteiger partial charge in [-0.2, -0.15) is 0 Å². The Kier molecular flexibility index (Phi) is 3.43. The molecule has 0 bridgehead atoms. The molecule has 104 valence electrons. The molecule has 0 radical (unpaired) electrons. The van der Waals surface area contributed by atoms with Crippen LogP contribution in [-0.4, -0.2) is 34.0 Å². The molecule has 6 nitrogen and oxygen atoms in total. The number of fused-ring (bicyclic) bond motifs is 1. The van der Waals surface area contributed by atoms with Crippen molar-refractivity contribution in [3.8, 4) is 0 Å². The molecule has 1 fully saturated rings. The SMILES string of the molecule is O=C1CC(c2cccc([N+](=O)[O-])c2)SC2=NCCCN12. The number of hydrogen-bond acceptors (Lipinski definition) is 5. The first-order valence-electron chi connectivity index (χ1n) is 6.41. The van der Waals surface area contributed by atoms with Gasteiger partial charge in [0.05, 0.1) is 4.92 Å². The lowest BCUT2D eigenvalue weighted by Gasteiger charge is -2.34. The standard InChI is InChI=1S/C13H13N3O3S/c17-12-8-11(20-13-14-5-2-6-15(12)13)9-3-1-4-10(7-9)16(18)19/h1,3-4,7,11H,2,5-6,8H2. The number of carbonyl (C=O) groups is 1. The Labute approximate surface area is 120 Å². The quantitative estimate of drug-likeness (QED) is 0.619. The van der Waals surface area contributed by atoms with Gasteiger partial charge in [0.2, 0.25) is 5.91 Å². The van der Waals surface area contributed by atoms with E-state index in [1.54, 1.807) is 17.0 Å². The third-order valence-corrected chi connectivity index (χ3v) is 4.66. The van der Waals surface area contributed by atoms with E-state index in [-0.39, 0.29) is 16.8 Å². The summed E-state index contributed by atoms with van der Waals surface area (Å²) in [7, 11) is 0. The Morgan fingerprint density at radius 3 is 3.10 bits per heavy atom. The van der Waals surface area contributed by atoms with Crippen molar-refractivity contribution >= 4 is 28.5 Å². The molecule has 1 unspecified atom stereocenters. The minimum Gasteiger partial charge on any atom is -0.291 e. The van der Waals surface area contributed by atoms with Gasteiger partial charge in [0.15, 0.2) is 5.17 Å². The van der Waals surface area contributed by atoms with E-state index in [2.05, 4.69) is 4.99 Å². The summed E-state index contributed by atoms with van der Waals surface area (Å²) in [5, 5.41) is 11.5. The molecule has 1 amide bonds. The van der Waals surface area contributed by atoms with Crippen LogP contribution in [0.4, 0.5) is 5.69 Å². The number of nitrogens with zero attached hydrogens (tertiary/aromatic N) is 3. The van der Waals surface area contributed by atoms with Crippen LogP contribution in [0.1, 0.15) is 23.7 Å². The van der Waals surface area contributed by atoms with E-state index in [4.69, 9.17) is 0 Å². The van der Waals surface area contributed by atoms with Crippen LogP contribution in [-0.2, 0) is 4.79 Å². The Hall–Kier alpha value is -1.89. The number of nitro benzene ring substituents is 1. The van der Waals surface area contributed by atoms with Gasteiger partial charge in [0.1, 0.15) is 0 Å². The summed E-state index contributed by atoms with van der Waals surface area (Å²) in [5.41, 5.74) is 0.869. The molecule has 1 aromatic rings. The highest BCUT2D eigenvalue weighted by Gasteiger charge is 2.34. The summed E-state index contributed by atoms with van der Waals surface area (Å²) >= 11 is 1.53. The minimum absolute atomic E-state index is 0.0544. The smallest absolute Gasteiger partial charge is 0.269 e. The largest absolute Gasteiger partial charge is 0.291 e. The Bertz CT molecular complexity index is 602. The van der Waals surface area contributed by atoms with Crippen molar-refractivity contribution in [2.24, 2.45) is 4.99 Å². The fourth-order valence-corrected chi connectivity index (χ4v) is 3.63. The molecule has 0 spiro atoms. The number of hydrogen-bond donors (Lipinski definition) is 0. The van der Waals surface area contributed by atoms with E-state index in [0.717, 1.165) is 30.2 Å². The highest BCUT2D eigenvalue weighted by atomic mass is 32.2. The number of rotatable bonds is 2. The predicted molar refractivity (Wildman–Crippen MR) is 76.7 cm³/mol. The van der Waals surface area contributed by atoms with Crippen molar-refractivity contribution in [1.82, 2.24) is 4.90 Å². The van der Waals surface area contributed by atoms with Crippen molar-refractivity contribution in [1.29, 1.82) is 0 Å². The van der Waals surface area contributed by atoms with Crippen LogP contribution in [0.25, 0.3) is 0 Å². The van der Waals surface area contributed by atoms with Crippen molar-refractivity contribution in [3.63, 3.8) is 0 Å². The van der Waals surface area contributed by atoms with E-state index in [9.17, 15) is 14.9 Å². The predicted octanol–water partition coefficient (Wildman–Crippen LogP) is 2.36. The van der Waals surface area contributed by atoms with Crippen LogP contribution >= 0.6 is 11.8 Å². The second-order valence-electron chi connectivity index (χ2n) is 4.73. The summed E-state index contributed by atoms with van der Waals surface area (Å²) < 4.78 is 0. The number of non-ortho nitro benzene ring substituents is 1. The van der Waals surface area contributed by atoms with Crippen molar-refractivity contribution in [2.75, 3.05) is 13.1 Å². The van der Waals surface area contributed by atoms with Crippen molar-refractivity contribution in [3.05, 3.63) is 39.9 Å². The average molecular weight is 291 g/mol. The molecule has 0 saturated carbocycles. The van der Waals surface area contributed by atoms with E-state index >= 15 is 0 Å². The third kappa shape index (κ3) is 2.40. The second kappa shape index (κ2) is 5.24. The Morgan fingerprint density at radius 2 is 2.30 bits per heavy atom. The van der Waals surface area contributed by atoms with Gasteiger partial charge in [-0.05, 0) is 12.0 Å². The zero-order chi connectivity index (χ0) is 14.1. The molecule has 2 heterocycles. The highest BCUT2D eigenvalue weighted by Crippen LogP contribution is 2.40. The first kappa shape index (κ1) is 13.1. The number of aliphatic imine (C=N–C) groups is 1. The fourth-order valence-electron chi connectivity index (χ4n) is 2.38. The first-order valence-corrected chi connectivity index (χ1v) is 7.29. The molecule has 0 N–H and O–H groups in total. The second-order valence-corrected chi connectivity index (χ2v) is 5.90. The number of amidine groups is 1. The van der Waals surface area contributed by atoms with E-state index in [1.807, 2.05) is 6.07 Å². The molecule has 3 rings (SSSR count). The summed E-state index contributed by atoms with van der Waals surface area (Å²) in [4.78, 5) is 28.7. The number of amides is 1. The maximum Gasteiger partial charge on any atom is 0.269 e. The number of carbonyl (C=O) groups excluding carboxylic acids is 1. The van der Waals surface area contributed by atoms with E-state index in [1.165, 1.54) is 17.8 Å². The van der Waals surface area contributed by atoms with E-state index < -0.39 is 4.92 Å². The molecule has 7 heteroatoms. The summed E-state index contributed by atoms with van der Waals surface area (Å²) in [6.45, 7) is 1.47. The van der Waals surface area contributed by atoms with Crippen LogP contribution in [0, 0.1) is 10.1 Å². The highest BCUT2D eigenvalue weighted by molar-refractivity contribution is 8.14. The molecule has 1 aromatic carbocycles. The van der Waals surface area contributed by atoms with E-state index in [0.29, 0.717) is 6.42 Å². The maximum atomic E-state index is 12.1. The van der Waals surface area contributed by atoms with Crippen LogP contribution in [0.15, 0.2) is 29.3 Å². The van der Waals surface area contributed by atoms with Gasteiger partial charge in [-0.3, -0.25) is 24.8 Å². The van der Waals surface area contributed by atoms with Gasteiger partial charge < -0.3 is 0 Å². The van der Waals surface area contributed by atoms with Crippen LogP contribution in [0.5, 0.6) is 0 Å². The Morgan fingerprint density at radius 1 is 1.45 bits per heavy atom. The molecule has 0 aromatic heterocycles. The van der Waals surface area contributed by atoms with Gasteiger partial charge in [-0.15, -0.1) is 0 Å². The lowest BCUT2D eigenvalue weighted by molar-refractivity contribution is -0.384. The molecule has 1 saturated heterocycles. The topological polar surface area (TPSA) is 75.8 Å². The summed E-state index contributed by atoms with van der Waals surface area (Å²) in [5.74, 6) is 0.0544. The maximum absolute atomic E-state index is 12.1. The number of benzene rings is 1. The van der Waals surface area contributed by atoms with Gasteiger partial charge in [0, 0.05) is 36.9 Å². The summed E-state index contributed by atoms with van der Waals surface area (Å²) in [6, 6.07) is 6.50. The third-order valence-electron chi connectivity index (χ3n) is 3.38. The fraction of sp³-hybridized carbons (Fsp3) is 0.385. The van der Waals surface area contributed by atoms with Crippen LogP contribution in [0.2, 0.25) is 0 Å². The lowest BCUT2D eigenvalue weighted by Crippen LogP contribution is -2.42. The van der Waals surface area contributed by atoms with Gasteiger partial charge in [-0.25, -0.2) is 0 Å². The molecular formula is C13H13N3O3S. The normalized spacial score (nSPS) is 22.2. The lowest BCUT2D eigenvalue weighted by atomic mass is 10.1. The van der Waals surface area contributed by atoms with Crippen molar-refractivity contribution < 1.29 is 9.72 Å². The number of nitro groups is 1. The monoisotopic (exact) mass is 291 g/mol. The molecule has 2 aliphatic rings. The Balaban J connectivity index is 1.88. The molecule has 20 heavy (non-hydrogen) atoms. The zero-order valence-corrected chi connectivity index (χ0v) is 11.5. The molecule has 2 aliphatic heterocycles. The van der Waals surface area contributed by atoms with Crippen LogP contribution < -0.4 is 0 Å². The molecule has 0 aliphatic carbocycles. The van der Waals surface area contributed by atoms with Crippen molar-refractivity contribution in [2.45, 2.75) is 18.1 Å². The molecule has 1 atom stereocenters. The van der Waals surface area contributed by atoms with Gasteiger partial charge in [0.25, 0.3) is 5.69 Å². The van der Waals surface area contributed by atoms with Gasteiger partial charge in [-0.1, -0.05) is 23.9 Å². The minimum atomic E-state index is -0.413. The average Bonchev–Trinajstić information content (AvgIpc) is 2.47. The number of thioether (sulfide) groups is 1. The van der Waals surface area contributed by atoms with Gasteiger partial charge >= 0.3 is 0 Å². The summed E-state index contributed by atoms with van der Waals surface area (Å²) in [6.07, 6.45) is 1.27. The van der Waals surface area contributed by atoms with Crippen LogP contribution in [0.3, 0.4) is 0 Å². The zero-order valence-electron chi connectivity index (χ0n) is 10.7. The molecular weight excluding hydrogens is 278 g/mol.